The van der Waals surface area contributed by atoms with Gasteiger partial charge in [0.25, 0.3) is 0 Å². The maximum Gasteiger partial charge on any atom is 0.418 e. The van der Waals surface area contributed by atoms with Crippen molar-refractivity contribution >= 4 is 39.9 Å². The van der Waals surface area contributed by atoms with Gasteiger partial charge in [-0.25, -0.2) is 9.38 Å². The van der Waals surface area contributed by atoms with Crippen LogP contribution in [0.1, 0.15) is 23.1 Å². The van der Waals surface area contributed by atoms with Crippen LogP contribution < -0.4 is 10.7 Å². The van der Waals surface area contributed by atoms with Crippen LogP contribution in [0.4, 0.5) is 28.9 Å². The lowest BCUT2D eigenvalue weighted by Crippen LogP contribution is -2.26. The van der Waals surface area contributed by atoms with Gasteiger partial charge >= 0.3 is 6.18 Å². The van der Waals surface area contributed by atoms with E-state index in [2.05, 4.69) is 20.8 Å². The average Bonchev–Trinajstić information content (AvgIpc) is 2.68. The van der Waals surface area contributed by atoms with E-state index in [-0.39, 0.29) is 28.1 Å². The molecule has 0 radical (unpaired) electrons. The lowest BCUT2D eigenvalue weighted by Gasteiger charge is -2.20. The summed E-state index contributed by atoms with van der Waals surface area (Å²) in [6.45, 7) is 0. The second-order valence-electron chi connectivity index (χ2n) is 6.43. The van der Waals surface area contributed by atoms with Crippen molar-refractivity contribution in [1.29, 1.82) is 0 Å². The quantitative estimate of drug-likeness (QED) is 0.703. The standard InChI is InChI=1S/C19H14F4N4OS/c20-13-8-15-10(5-6-17(28)24-15)7-11(13)16-9-29-18(27-26-16)25-14-4-2-1-3-12(14)19(21,22)23/h1-4,7-8H,5-6,9H2,(H,24,28)(H,25,27). The maximum absolute atomic E-state index is 14.5. The minimum atomic E-state index is -4.52. The molecule has 0 spiro atoms. The van der Waals surface area contributed by atoms with Crippen molar-refractivity contribution in [3.05, 3.63) is 58.9 Å². The summed E-state index contributed by atoms with van der Waals surface area (Å²) in [6, 6.07) is 7.91. The Balaban J connectivity index is 1.59. The number of halogens is 4. The Morgan fingerprint density at radius 1 is 1.14 bits per heavy atom. The summed E-state index contributed by atoms with van der Waals surface area (Å²) in [6.07, 6.45) is -3.69. The first-order valence-electron chi connectivity index (χ1n) is 8.64. The third kappa shape index (κ3) is 4.12. The number of fused-ring (bicyclic) bond motifs is 1. The Morgan fingerprint density at radius 3 is 2.66 bits per heavy atom. The molecule has 0 saturated heterocycles. The Kier molecular flexibility index (Phi) is 5.03. The molecule has 29 heavy (non-hydrogen) atoms. The Morgan fingerprint density at radius 2 is 1.93 bits per heavy atom. The molecule has 4 rings (SSSR count). The van der Waals surface area contributed by atoms with Crippen molar-refractivity contribution in [2.45, 2.75) is 19.0 Å². The molecule has 0 fully saturated rings. The second kappa shape index (κ2) is 7.51. The first kappa shape index (κ1) is 19.4. The van der Waals surface area contributed by atoms with Gasteiger partial charge in [0.05, 0.1) is 17.0 Å². The SMILES string of the molecule is O=C1CCc2cc(C3=NNC(=Nc4ccccc4C(F)(F)F)SC3)c(F)cc2N1. The van der Waals surface area contributed by atoms with Crippen molar-refractivity contribution in [1.82, 2.24) is 5.43 Å². The van der Waals surface area contributed by atoms with Gasteiger partial charge in [0.15, 0.2) is 5.17 Å². The molecular weight excluding hydrogens is 408 g/mol. The molecule has 150 valence electrons. The van der Waals surface area contributed by atoms with Crippen molar-refractivity contribution in [2.75, 3.05) is 11.1 Å². The van der Waals surface area contributed by atoms with Gasteiger partial charge in [0.2, 0.25) is 5.91 Å². The van der Waals surface area contributed by atoms with Crippen LogP contribution in [0.3, 0.4) is 0 Å². The fourth-order valence-electron chi connectivity index (χ4n) is 3.06. The zero-order valence-corrected chi connectivity index (χ0v) is 15.6. The number of amides is 1. The molecule has 0 aliphatic carbocycles. The van der Waals surface area contributed by atoms with Crippen LogP contribution in [0.15, 0.2) is 46.5 Å². The molecule has 0 saturated carbocycles. The van der Waals surface area contributed by atoms with Crippen molar-refractivity contribution in [3.8, 4) is 0 Å². The van der Waals surface area contributed by atoms with E-state index < -0.39 is 17.6 Å². The predicted octanol–water partition coefficient (Wildman–Crippen LogP) is 4.46. The average molecular weight is 422 g/mol. The number of hydrazone groups is 1. The number of hydrogen-bond acceptors (Lipinski definition) is 4. The highest BCUT2D eigenvalue weighted by Crippen LogP contribution is 2.36. The van der Waals surface area contributed by atoms with Crippen molar-refractivity contribution < 1.29 is 22.4 Å². The van der Waals surface area contributed by atoms with Crippen molar-refractivity contribution in [2.24, 2.45) is 10.1 Å². The molecule has 0 aromatic heterocycles. The van der Waals surface area contributed by atoms with Crippen LogP contribution in [-0.4, -0.2) is 22.5 Å². The minimum Gasteiger partial charge on any atom is -0.326 e. The highest BCUT2D eigenvalue weighted by Gasteiger charge is 2.33. The highest BCUT2D eigenvalue weighted by atomic mass is 32.2. The number of aryl methyl sites for hydroxylation is 1. The first-order chi connectivity index (χ1) is 13.8. The van der Waals surface area contributed by atoms with Gasteiger partial charge in [-0.2, -0.15) is 18.3 Å². The van der Waals surface area contributed by atoms with E-state index in [1.807, 2.05) is 0 Å². The van der Waals surface area contributed by atoms with Crippen LogP contribution in [0.2, 0.25) is 0 Å². The van der Waals surface area contributed by atoms with Gasteiger partial charge in [-0.1, -0.05) is 23.9 Å². The molecule has 0 atom stereocenters. The van der Waals surface area contributed by atoms with Crippen LogP contribution in [0.25, 0.3) is 0 Å². The number of nitrogens with zero attached hydrogens (tertiary/aromatic N) is 2. The van der Waals surface area contributed by atoms with E-state index in [0.29, 0.717) is 24.2 Å². The van der Waals surface area contributed by atoms with E-state index in [9.17, 15) is 22.4 Å². The van der Waals surface area contributed by atoms with E-state index in [4.69, 9.17) is 0 Å². The number of rotatable bonds is 2. The summed E-state index contributed by atoms with van der Waals surface area (Å²) in [5, 5.41) is 6.92. The fourth-order valence-corrected chi connectivity index (χ4v) is 3.82. The Hall–Kier alpha value is -2.88. The number of carbonyl (C=O) groups excluding carboxylic acids is 1. The third-order valence-corrected chi connectivity index (χ3v) is 5.34. The van der Waals surface area contributed by atoms with Gasteiger partial charge in [-0.3, -0.25) is 10.2 Å². The van der Waals surface area contributed by atoms with Crippen molar-refractivity contribution in [3.63, 3.8) is 0 Å². The fraction of sp³-hybridized carbons (Fsp3) is 0.211. The van der Waals surface area contributed by atoms with Gasteiger partial charge in [0.1, 0.15) is 5.82 Å². The molecule has 2 aromatic carbocycles. The van der Waals surface area contributed by atoms with Crippen LogP contribution in [0, 0.1) is 5.82 Å². The summed E-state index contributed by atoms with van der Waals surface area (Å²) >= 11 is 1.13. The number of hydrogen-bond donors (Lipinski definition) is 2. The lowest BCUT2D eigenvalue weighted by atomic mass is 9.98. The van der Waals surface area contributed by atoms with E-state index in [1.165, 1.54) is 24.3 Å². The van der Waals surface area contributed by atoms with Gasteiger partial charge < -0.3 is 5.32 Å². The molecule has 2 N–H and O–H groups in total. The summed E-state index contributed by atoms with van der Waals surface area (Å²) in [5.41, 5.74) is 3.51. The number of para-hydroxylation sites is 1. The number of alkyl halides is 3. The minimum absolute atomic E-state index is 0.156. The zero-order chi connectivity index (χ0) is 20.6. The summed E-state index contributed by atoms with van der Waals surface area (Å²) in [5.74, 6) is -0.450. The number of carbonyl (C=O) groups is 1. The molecule has 2 aliphatic heterocycles. The zero-order valence-electron chi connectivity index (χ0n) is 14.8. The first-order valence-corrected chi connectivity index (χ1v) is 9.63. The number of aliphatic imine (C=N–C) groups is 1. The van der Waals surface area contributed by atoms with Gasteiger partial charge in [-0.05, 0) is 36.2 Å². The molecule has 2 aromatic rings. The van der Waals surface area contributed by atoms with Gasteiger partial charge in [-0.15, -0.1) is 0 Å². The molecule has 2 heterocycles. The molecular formula is C19H14F4N4OS. The topological polar surface area (TPSA) is 65.8 Å². The van der Waals surface area contributed by atoms with Crippen LogP contribution in [0.5, 0.6) is 0 Å². The Labute approximate surface area is 167 Å². The molecule has 5 nitrogen and oxygen atoms in total. The molecule has 1 amide bonds. The second-order valence-corrected chi connectivity index (χ2v) is 7.39. The number of thioether (sulfide) groups is 1. The van der Waals surface area contributed by atoms with E-state index in [1.54, 1.807) is 6.07 Å². The number of nitrogens with one attached hydrogen (secondary N) is 2. The predicted molar refractivity (Wildman–Crippen MR) is 104 cm³/mol. The number of anilines is 1. The van der Waals surface area contributed by atoms with Crippen LogP contribution in [-0.2, 0) is 17.4 Å². The molecule has 10 heteroatoms. The van der Waals surface area contributed by atoms with Crippen LogP contribution >= 0.6 is 11.8 Å². The normalized spacial score (nSPS) is 18.0. The molecule has 2 aliphatic rings. The van der Waals surface area contributed by atoms with E-state index >= 15 is 0 Å². The molecule has 0 bridgehead atoms. The summed E-state index contributed by atoms with van der Waals surface area (Å²) in [7, 11) is 0. The number of amidine groups is 1. The smallest absolute Gasteiger partial charge is 0.326 e. The third-order valence-electron chi connectivity index (χ3n) is 4.46. The van der Waals surface area contributed by atoms with E-state index in [0.717, 1.165) is 23.4 Å². The Bertz CT molecular complexity index is 1050. The van der Waals surface area contributed by atoms with Gasteiger partial charge in [0, 0.05) is 23.4 Å². The largest absolute Gasteiger partial charge is 0.418 e. The monoisotopic (exact) mass is 422 g/mol. The maximum atomic E-state index is 14.5. The summed E-state index contributed by atoms with van der Waals surface area (Å²) in [4.78, 5) is 15.5. The highest BCUT2D eigenvalue weighted by molar-refractivity contribution is 8.14. The lowest BCUT2D eigenvalue weighted by molar-refractivity contribution is -0.137. The number of benzene rings is 2. The molecule has 0 unspecified atom stereocenters. The summed E-state index contributed by atoms with van der Waals surface area (Å²) < 4.78 is 53.8.